The molecule has 0 radical (unpaired) electrons. The summed E-state index contributed by atoms with van der Waals surface area (Å²) in [7, 11) is 2.97. The number of hydrogen-bond donors (Lipinski definition) is 0. The summed E-state index contributed by atoms with van der Waals surface area (Å²) < 4.78 is 15.5. The van der Waals surface area contributed by atoms with Crippen molar-refractivity contribution in [3.63, 3.8) is 0 Å². The normalized spacial score (nSPS) is 10.6. The van der Waals surface area contributed by atoms with E-state index in [1.165, 1.54) is 26.4 Å². The van der Waals surface area contributed by atoms with Gasteiger partial charge < -0.3 is 13.9 Å². The van der Waals surface area contributed by atoms with Crippen molar-refractivity contribution in [2.24, 2.45) is 0 Å². The van der Waals surface area contributed by atoms with E-state index < -0.39 is 16.2 Å². The second kappa shape index (κ2) is 6.04. The summed E-state index contributed by atoms with van der Waals surface area (Å²) in [6, 6.07) is 11.0. The Balaban J connectivity index is 2.32. The van der Waals surface area contributed by atoms with Gasteiger partial charge in [-0.25, -0.2) is 0 Å². The van der Waals surface area contributed by atoms with Crippen molar-refractivity contribution in [1.82, 2.24) is 0 Å². The summed E-state index contributed by atoms with van der Waals surface area (Å²) in [5, 5.41) is 11.6. The Kier molecular flexibility index (Phi) is 3.91. The molecular formula is C17H13NO6. The first-order valence-corrected chi connectivity index (χ1v) is 6.99. The van der Waals surface area contributed by atoms with Crippen LogP contribution in [0.5, 0.6) is 11.5 Å². The molecule has 2 aromatic carbocycles. The van der Waals surface area contributed by atoms with Crippen LogP contribution in [0.25, 0.3) is 22.1 Å². The maximum atomic E-state index is 12.8. The number of benzene rings is 2. The van der Waals surface area contributed by atoms with Gasteiger partial charge in [0, 0.05) is 6.07 Å². The van der Waals surface area contributed by atoms with Gasteiger partial charge >= 0.3 is 5.88 Å². The van der Waals surface area contributed by atoms with Crippen molar-refractivity contribution < 1.29 is 18.8 Å². The van der Waals surface area contributed by atoms with E-state index in [1.807, 2.05) is 0 Å². The molecule has 3 rings (SSSR count). The SMILES string of the molecule is COc1ccc(-c2c([N+](=O)[O-])oc3cc(OC)ccc3c2=O)cc1. The highest BCUT2D eigenvalue weighted by Crippen LogP contribution is 2.32. The molecule has 1 heterocycles. The standard InChI is InChI=1S/C17H13NO6/c1-22-11-5-3-10(4-6-11)15-16(19)13-8-7-12(23-2)9-14(13)24-17(15)18(20)21/h3-9H,1-2H3. The zero-order chi connectivity index (χ0) is 17.3. The molecule has 0 amide bonds. The van der Waals surface area contributed by atoms with Crippen LogP contribution in [-0.2, 0) is 0 Å². The summed E-state index contributed by atoms with van der Waals surface area (Å²) in [6.45, 7) is 0. The average molecular weight is 327 g/mol. The van der Waals surface area contributed by atoms with Gasteiger partial charge in [0.25, 0.3) is 0 Å². The molecule has 0 bridgehead atoms. The molecule has 0 aliphatic rings. The minimum atomic E-state index is -0.708. The van der Waals surface area contributed by atoms with Gasteiger partial charge in [-0.1, -0.05) is 12.1 Å². The molecule has 7 nitrogen and oxygen atoms in total. The predicted octanol–water partition coefficient (Wildman–Crippen LogP) is 3.39. The van der Waals surface area contributed by atoms with E-state index >= 15 is 0 Å². The second-order valence-electron chi connectivity index (χ2n) is 4.96. The van der Waals surface area contributed by atoms with Gasteiger partial charge in [0.2, 0.25) is 5.43 Å². The van der Waals surface area contributed by atoms with Crippen molar-refractivity contribution in [2.45, 2.75) is 0 Å². The summed E-state index contributed by atoms with van der Waals surface area (Å²) in [6.07, 6.45) is 0. The monoisotopic (exact) mass is 327 g/mol. The smallest absolute Gasteiger partial charge is 0.445 e. The zero-order valence-corrected chi connectivity index (χ0v) is 12.9. The Morgan fingerprint density at radius 1 is 1.00 bits per heavy atom. The van der Waals surface area contributed by atoms with Crippen LogP contribution >= 0.6 is 0 Å². The number of rotatable bonds is 4. The van der Waals surface area contributed by atoms with E-state index in [4.69, 9.17) is 13.9 Å². The topological polar surface area (TPSA) is 91.8 Å². The Bertz CT molecular complexity index is 975. The molecule has 0 aliphatic carbocycles. The summed E-state index contributed by atoms with van der Waals surface area (Å²) in [4.78, 5) is 23.4. The fraction of sp³-hybridized carbons (Fsp3) is 0.118. The van der Waals surface area contributed by atoms with Crippen LogP contribution in [0.4, 0.5) is 5.88 Å². The second-order valence-corrected chi connectivity index (χ2v) is 4.96. The van der Waals surface area contributed by atoms with Gasteiger partial charge in [-0.2, -0.15) is 0 Å². The molecule has 3 aromatic rings. The third-order valence-electron chi connectivity index (χ3n) is 3.63. The van der Waals surface area contributed by atoms with Crippen molar-refractivity contribution >= 4 is 16.9 Å². The lowest BCUT2D eigenvalue weighted by atomic mass is 10.0. The van der Waals surface area contributed by atoms with E-state index in [0.29, 0.717) is 17.1 Å². The minimum absolute atomic E-state index is 0.0969. The predicted molar refractivity (Wildman–Crippen MR) is 87.7 cm³/mol. The van der Waals surface area contributed by atoms with E-state index in [2.05, 4.69) is 0 Å². The van der Waals surface area contributed by atoms with Crippen LogP contribution in [0.15, 0.2) is 51.7 Å². The zero-order valence-electron chi connectivity index (χ0n) is 12.9. The molecule has 0 fully saturated rings. The Labute approximate surface area is 136 Å². The van der Waals surface area contributed by atoms with Gasteiger partial charge in [0.05, 0.1) is 19.6 Å². The highest BCUT2D eigenvalue weighted by atomic mass is 16.6. The van der Waals surface area contributed by atoms with E-state index in [1.54, 1.807) is 30.3 Å². The van der Waals surface area contributed by atoms with Crippen molar-refractivity contribution in [2.75, 3.05) is 14.2 Å². The van der Waals surface area contributed by atoms with Crippen LogP contribution in [0.3, 0.4) is 0 Å². The number of methoxy groups -OCH3 is 2. The maximum absolute atomic E-state index is 12.8. The van der Waals surface area contributed by atoms with Gasteiger partial charge in [-0.05, 0) is 29.8 Å². The van der Waals surface area contributed by atoms with Gasteiger partial charge in [-0.3, -0.25) is 14.9 Å². The number of fused-ring (bicyclic) bond motifs is 1. The molecular weight excluding hydrogens is 314 g/mol. The first-order chi connectivity index (χ1) is 11.5. The molecule has 122 valence electrons. The lowest BCUT2D eigenvalue weighted by molar-refractivity contribution is -0.401. The van der Waals surface area contributed by atoms with Crippen LogP contribution in [0.2, 0.25) is 0 Å². The third-order valence-corrected chi connectivity index (χ3v) is 3.63. The van der Waals surface area contributed by atoms with Crippen molar-refractivity contribution in [3.05, 3.63) is 62.8 Å². The number of nitrogens with zero attached hydrogens (tertiary/aromatic N) is 1. The molecule has 0 saturated heterocycles. The quantitative estimate of drug-likeness (QED) is 0.539. The van der Waals surface area contributed by atoms with E-state index in [9.17, 15) is 14.9 Å². The fourth-order valence-electron chi connectivity index (χ4n) is 2.43. The van der Waals surface area contributed by atoms with Gasteiger partial charge in [0.1, 0.15) is 27.6 Å². The largest absolute Gasteiger partial charge is 0.497 e. The molecule has 7 heteroatoms. The minimum Gasteiger partial charge on any atom is -0.497 e. The Morgan fingerprint density at radius 3 is 2.21 bits per heavy atom. The molecule has 0 saturated carbocycles. The van der Waals surface area contributed by atoms with E-state index in [0.717, 1.165) is 0 Å². The Hall–Kier alpha value is -3.35. The number of nitro groups is 1. The first kappa shape index (κ1) is 15.5. The molecule has 24 heavy (non-hydrogen) atoms. The summed E-state index contributed by atoms with van der Waals surface area (Å²) in [5.74, 6) is 0.416. The molecule has 0 unspecified atom stereocenters. The van der Waals surface area contributed by atoms with Crippen LogP contribution in [0.1, 0.15) is 0 Å². The fourth-order valence-corrected chi connectivity index (χ4v) is 2.43. The lowest BCUT2D eigenvalue weighted by Crippen LogP contribution is -2.09. The van der Waals surface area contributed by atoms with Crippen LogP contribution < -0.4 is 14.9 Å². The summed E-state index contributed by atoms with van der Waals surface area (Å²) in [5.41, 5.74) is -0.0895. The van der Waals surface area contributed by atoms with Crippen LogP contribution in [-0.4, -0.2) is 19.1 Å². The molecule has 1 aromatic heterocycles. The average Bonchev–Trinajstić information content (AvgIpc) is 2.61. The first-order valence-electron chi connectivity index (χ1n) is 6.99. The highest BCUT2D eigenvalue weighted by Gasteiger charge is 2.25. The highest BCUT2D eigenvalue weighted by molar-refractivity contribution is 5.86. The molecule has 0 spiro atoms. The van der Waals surface area contributed by atoms with Crippen LogP contribution in [0, 0.1) is 10.1 Å². The molecule has 0 N–H and O–H groups in total. The van der Waals surface area contributed by atoms with Gasteiger partial charge in [0.15, 0.2) is 0 Å². The lowest BCUT2D eigenvalue weighted by Gasteiger charge is -2.06. The van der Waals surface area contributed by atoms with E-state index in [-0.39, 0.29) is 16.5 Å². The third kappa shape index (κ3) is 2.56. The number of ether oxygens (including phenoxy) is 2. The van der Waals surface area contributed by atoms with Gasteiger partial charge in [-0.15, -0.1) is 0 Å². The summed E-state index contributed by atoms with van der Waals surface area (Å²) >= 11 is 0. The molecule has 0 atom stereocenters. The maximum Gasteiger partial charge on any atom is 0.445 e. The number of hydrogen-bond acceptors (Lipinski definition) is 6. The molecule has 0 aliphatic heterocycles. The van der Waals surface area contributed by atoms with Crippen molar-refractivity contribution in [1.29, 1.82) is 0 Å². The van der Waals surface area contributed by atoms with Crippen molar-refractivity contribution in [3.8, 4) is 22.6 Å². The Morgan fingerprint density at radius 2 is 1.62 bits per heavy atom.